The Labute approximate surface area is 143 Å². The summed E-state index contributed by atoms with van der Waals surface area (Å²) in [7, 11) is 0. The van der Waals surface area contributed by atoms with Gasteiger partial charge in [0.25, 0.3) is 5.56 Å². The van der Waals surface area contributed by atoms with E-state index >= 15 is 0 Å². The summed E-state index contributed by atoms with van der Waals surface area (Å²) < 4.78 is 7.44. The van der Waals surface area contributed by atoms with Crippen molar-refractivity contribution in [3.05, 3.63) is 46.9 Å². The standard InChI is InChI=1S/C17H18N4O2S/c18-24-13-3-1-11(2-4-13)16-15-14(5-8-19-17(15)22)21(20-16)12-6-9-23-10-7-12/h1-5,8,12H,6-7,9-10,18H2,(H,19,22). The number of hydrogen-bond donors (Lipinski definition) is 2. The Hall–Kier alpha value is -2.09. The number of benzene rings is 1. The SMILES string of the molecule is NSc1ccc(-c2nn(C3CCOCC3)c3cc[nH]c(=O)c23)cc1. The van der Waals surface area contributed by atoms with Gasteiger partial charge in [0.1, 0.15) is 5.69 Å². The highest BCUT2D eigenvalue weighted by Crippen LogP contribution is 2.31. The predicted molar refractivity (Wildman–Crippen MR) is 94.9 cm³/mol. The fraction of sp³-hybridized carbons (Fsp3) is 0.294. The Morgan fingerprint density at radius 1 is 1.21 bits per heavy atom. The van der Waals surface area contributed by atoms with Crippen molar-refractivity contribution >= 4 is 22.9 Å². The van der Waals surface area contributed by atoms with E-state index in [1.807, 2.05) is 35.0 Å². The molecule has 4 rings (SSSR count). The molecule has 1 fully saturated rings. The van der Waals surface area contributed by atoms with Gasteiger partial charge in [-0.3, -0.25) is 14.6 Å². The fourth-order valence-corrected chi connectivity index (χ4v) is 3.49. The fourth-order valence-electron chi connectivity index (χ4n) is 3.20. The van der Waals surface area contributed by atoms with Crippen LogP contribution in [0.25, 0.3) is 22.2 Å². The van der Waals surface area contributed by atoms with Crippen LogP contribution in [-0.4, -0.2) is 28.0 Å². The van der Waals surface area contributed by atoms with Crippen molar-refractivity contribution in [3.63, 3.8) is 0 Å². The van der Waals surface area contributed by atoms with Crippen LogP contribution >= 0.6 is 11.9 Å². The lowest BCUT2D eigenvalue weighted by Crippen LogP contribution is -2.20. The number of rotatable bonds is 3. The maximum atomic E-state index is 12.4. The number of nitrogens with two attached hydrogens (primary N) is 1. The molecule has 0 saturated carbocycles. The maximum Gasteiger partial charge on any atom is 0.259 e. The zero-order chi connectivity index (χ0) is 16.5. The van der Waals surface area contributed by atoms with E-state index < -0.39 is 0 Å². The molecule has 6 nitrogen and oxygen atoms in total. The van der Waals surface area contributed by atoms with Gasteiger partial charge in [0.05, 0.1) is 16.9 Å². The van der Waals surface area contributed by atoms with E-state index in [9.17, 15) is 4.79 Å². The molecular formula is C17H18N4O2S. The van der Waals surface area contributed by atoms with Crippen molar-refractivity contribution in [2.24, 2.45) is 5.14 Å². The van der Waals surface area contributed by atoms with E-state index in [0.29, 0.717) is 11.1 Å². The van der Waals surface area contributed by atoms with E-state index in [1.54, 1.807) is 6.20 Å². The first-order chi connectivity index (χ1) is 11.8. The second kappa shape index (κ2) is 6.43. The Morgan fingerprint density at radius 3 is 2.67 bits per heavy atom. The Kier molecular flexibility index (Phi) is 4.13. The molecule has 0 aliphatic carbocycles. The van der Waals surface area contributed by atoms with E-state index in [0.717, 1.165) is 42.0 Å². The second-order valence-corrected chi connectivity index (χ2v) is 6.55. The molecule has 2 aromatic heterocycles. The van der Waals surface area contributed by atoms with Crippen molar-refractivity contribution in [2.75, 3.05) is 13.2 Å². The molecule has 0 atom stereocenters. The number of nitrogens with one attached hydrogen (secondary N) is 1. The molecule has 0 radical (unpaired) electrons. The molecule has 0 amide bonds. The lowest BCUT2D eigenvalue weighted by Gasteiger charge is -2.23. The molecule has 0 spiro atoms. The van der Waals surface area contributed by atoms with Gasteiger partial charge in [0, 0.05) is 29.9 Å². The average Bonchev–Trinajstić information content (AvgIpc) is 3.04. The van der Waals surface area contributed by atoms with Crippen LogP contribution in [0.5, 0.6) is 0 Å². The van der Waals surface area contributed by atoms with Gasteiger partial charge < -0.3 is 9.72 Å². The van der Waals surface area contributed by atoms with E-state index in [-0.39, 0.29) is 11.6 Å². The number of fused-ring (bicyclic) bond motifs is 1. The van der Waals surface area contributed by atoms with Crippen molar-refractivity contribution in [3.8, 4) is 11.3 Å². The number of aromatic amines is 1. The van der Waals surface area contributed by atoms with Crippen LogP contribution in [0, 0.1) is 0 Å². The molecule has 0 bridgehead atoms. The van der Waals surface area contributed by atoms with Crippen LogP contribution in [0.15, 0.2) is 46.2 Å². The molecule has 24 heavy (non-hydrogen) atoms. The van der Waals surface area contributed by atoms with Crippen molar-refractivity contribution < 1.29 is 4.74 Å². The molecule has 1 aromatic carbocycles. The van der Waals surface area contributed by atoms with Gasteiger partial charge in [-0.05, 0) is 43.0 Å². The summed E-state index contributed by atoms with van der Waals surface area (Å²) in [5.74, 6) is 0. The smallest absolute Gasteiger partial charge is 0.259 e. The molecular weight excluding hydrogens is 324 g/mol. The van der Waals surface area contributed by atoms with Gasteiger partial charge in [-0.25, -0.2) is 0 Å². The third-order valence-corrected chi connectivity index (χ3v) is 4.98. The molecule has 1 aliphatic heterocycles. The number of nitrogens with zero attached hydrogens (tertiary/aromatic N) is 2. The van der Waals surface area contributed by atoms with Crippen LogP contribution in [-0.2, 0) is 4.74 Å². The number of aromatic nitrogens is 3. The predicted octanol–water partition coefficient (Wildman–Crippen LogP) is 2.71. The third-order valence-electron chi connectivity index (χ3n) is 4.43. The normalized spacial score (nSPS) is 15.9. The highest BCUT2D eigenvalue weighted by molar-refractivity contribution is 7.97. The van der Waals surface area contributed by atoms with Crippen molar-refractivity contribution in [1.29, 1.82) is 0 Å². The van der Waals surface area contributed by atoms with Gasteiger partial charge in [0.15, 0.2) is 0 Å². The van der Waals surface area contributed by atoms with Crippen molar-refractivity contribution in [2.45, 2.75) is 23.8 Å². The van der Waals surface area contributed by atoms with Crippen LogP contribution in [0.4, 0.5) is 0 Å². The zero-order valence-corrected chi connectivity index (χ0v) is 13.9. The van der Waals surface area contributed by atoms with Crippen LogP contribution < -0.4 is 10.7 Å². The topological polar surface area (TPSA) is 85.9 Å². The Balaban J connectivity index is 1.89. The monoisotopic (exact) mass is 342 g/mol. The van der Waals surface area contributed by atoms with E-state index in [1.165, 1.54) is 11.9 Å². The summed E-state index contributed by atoms with van der Waals surface area (Å²) in [5.41, 5.74) is 2.39. The molecule has 124 valence electrons. The minimum atomic E-state index is -0.113. The summed E-state index contributed by atoms with van der Waals surface area (Å²) in [4.78, 5) is 16.2. The number of ether oxygens (including phenoxy) is 1. The van der Waals surface area contributed by atoms with Gasteiger partial charge in [0.2, 0.25) is 0 Å². The second-order valence-electron chi connectivity index (χ2n) is 5.85. The largest absolute Gasteiger partial charge is 0.381 e. The molecule has 3 heterocycles. The van der Waals surface area contributed by atoms with Crippen LogP contribution in [0.1, 0.15) is 18.9 Å². The Morgan fingerprint density at radius 2 is 1.96 bits per heavy atom. The third kappa shape index (κ3) is 2.64. The highest BCUT2D eigenvalue weighted by Gasteiger charge is 2.22. The molecule has 1 saturated heterocycles. The minimum absolute atomic E-state index is 0.113. The van der Waals surface area contributed by atoms with E-state index in [4.69, 9.17) is 15.0 Å². The van der Waals surface area contributed by atoms with Crippen LogP contribution in [0.3, 0.4) is 0 Å². The number of H-pyrrole nitrogens is 1. The molecule has 0 unspecified atom stereocenters. The summed E-state index contributed by atoms with van der Waals surface area (Å²) in [6, 6.07) is 9.98. The minimum Gasteiger partial charge on any atom is -0.381 e. The summed E-state index contributed by atoms with van der Waals surface area (Å²) >= 11 is 1.20. The first kappa shape index (κ1) is 15.4. The lowest BCUT2D eigenvalue weighted by molar-refractivity contribution is 0.0675. The summed E-state index contributed by atoms with van der Waals surface area (Å²) in [5, 5.41) is 11.0. The quantitative estimate of drug-likeness (QED) is 0.715. The molecule has 7 heteroatoms. The zero-order valence-electron chi connectivity index (χ0n) is 13.1. The van der Waals surface area contributed by atoms with Gasteiger partial charge in [-0.2, -0.15) is 5.10 Å². The summed E-state index contributed by atoms with van der Waals surface area (Å²) in [6.07, 6.45) is 3.50. The first-order valence-electron chi connectivity index (χ1n) is 7.93. The molecule has 3 N–H and O–H groups in total. The average molecular weight is 342 g/mol. The first-order valence-corrected chi connectivity index (χ1v) is 8.80. The van der Waals surface area contributed by atoms with E-state index in [2.05, 4.69) is 4.98 Å². The highest BCUT2D eigenvalue weighted by atomic mass is 32.2. The van der Waals surface area contributed by atoms with Crippen LogP contribution in [0.2, 0.25) is 0 Å². The van der Waals surface area contributed by atoms with Gasteiger partial charge in [-0.1, -0.05) is 12.1 Å². The Bertz CT molecular complexity index is 910. The van der Waals surface area contributed by atoms with Crippen molar-refractivity contribution in [1.82, 2.24) is 14.8 Å². The lowest BCUT2D eigenvalue weighted by atomic mass is 10.1. The summed E-state index contributed by atoms with van der Waals surface area (Å²) in [6.45, 7) is 1.46. The maximum absolute atomic E-state index is 12.4. The van der Waals surface area contributed by atoms with Gasteiger partial charge in [-0.15, -0.1) is 0 Å². The van der Waals surface area contributed by atoms with Gasteiger partial charge >= 0.3 is 0 Å². The molecule has 1 aliphatic rings. The number of pyridine rings is 1. The number of hydrogen-bond acceptors (Lipinski definition) is 5. The molecule has 3 aromatic rings.